The summed E-state index contributed by atoms with van der Waals surface area (Å²) in [6.07, 6.45) is 0.803. The molecule has 1 N–H and O–H groups in total. The predicted octanol–water partition coefficient (Wildman–Crippen LogP) is 3.51. The number of carbonyl (C=O) groups is 2. The maximum absolute atomic E-state index is 13.0. The molecule has 4 rings (SSSR count). The number of ether oxygens (including phenoxy) is 1. The lowest BCUT2D eigenvalue weighted by atomic mass is 9.95. The van der Waals surface area contributed by atoms with E-state index in [0.717, 1.165) is 26.9 Å². The van der Waals surface area contributed by atoms with Gasteiger partial charge in [0.1, 0.15) is 0 Å². The Morgan fingerprint density at radius 3 is 2.87 bits per heavy atom. The number of carbonyl (C=O) groups excluding carboxylic acids is 2. The zero-order chi connectivity index (χ0) is 21.3. The number of benzene rings is 1. The van der Waals surface area contributed by atoms with Crippen LogP contribution in [0.3, 0.4) is 0 Å². The van der Waals surface area contributed by atoms with E-state index in [2.05, 4.69) is 16.4 Å². The highest BCUT2D eigenvalue weighted by Crippen LogP contribution is 2.40. The van der Waals surface area contributed by atoms with Crippen LogP contribution in [-0.4, -0.2) is 55.0 Å². The average Bonchev–Trinajstić information content (AvgIpc) is 3.43. The summed E-state index contributed by atoms with van der Waals surface area (Å²) in [5.74, 6) is 0.667. The molecule has 158 valence electrons. The average molecular weight is 428 g/mol. The number of rotatable bonds is 6. The molecular formula is C22H25N3O4S. The minimum atomic E-state index is -0.138. The molecule has 1 aliphatic heterocycles. The topological polar surface area (TPSA) is 84.7 Å². The Labute approximate surface area is 179 Å². The van der Waals surface area contributed by atoms with Gasteiger partial charge in [-0.25, -0.2) is 4.98 Å². The summed E-state index contributed by atoms with van der Waals surface area (Å²) in [4.78, 5) is 32.6. The lowest BCUT2D eigenvalue weighted by molar-refractivity contribution is 0.0757. The van der Waals surface area contributed by atoms with Crippen molar-refractivity contribution >= 4 is 33.2 Å². The number of oxazole rings is 1. The summed E-state index contributed by atoms with van der Waals surface area (Å²) in [6, 6.07) is 8.06. The van der Waals surface area contributed by atoms with Gasteiger partial charge in [-0.15, -0.1) is 11.3 Å². The Bertz CT molecular complexity index is 1090. The number of nitrogens with one attached hydrogen (secondary N) is 1. The van der Waals surface area contributed by atoms with E-state index in [1.807, 2.05) is 18.2 Å². The second-order valence-corrected chi connectivity index (χ2v) is 8.53. The first-order chi connectivity index (χ1) is 14.5. The third-order valence-corrected chi connectivity index (χ3v) is 6.60. The number of aryl methyl sites for hydroxylation is 2. The summed E-state index contributed by atoms with van der Waals surface area (Å²) >= 11 is 1.50. The van der Waals surface area contributed by atoms with Crippen LogP contribution in [0.2, 0.25) is 0 Å². The van der Waals surface area contributed by atoms with E-state index in [-0.39, 0.29) is 17.7 Å². The molecule has 0 saturated carbocycles. The van der Waals surface area contributed by atoms with Crippen molar-refractivity contribution in [1.82, 2.24) is 15.2 Å². The van der Waals surface area contributed by atoms with Crippen LogP contribution < -0.4 is 5.32 Å². The highest BCUT2D eigenvalue weighted by molar-refractivity contribution is 7.21. The van der Waals surface area contributed by atoms with Crippen LogP contribution in [0.25, 0.3) is 10.1 Å². The van der Waals surface area contributed by atoms with Gasteiger partial charge in [0.05, 0.1) is 17.2 Å². The number of methoxy groups -OCH3 is 1. The maximum Gasteiger partial charge on any atom is 0.291 e. The second-order valence-electron chi connectivity index (χ2n) is 7.47. The number of nitrogens with zero attached hydrogens (tertiary/aromatic N) is 2. The van der Waals surface area contributed by atoms with Crippen LogP contribution in [0.4, 0.5) is 0 Å². The van der Waals surface area contributed by atoms with E-state index >= 15 is 0 Å². The van der Waals surface area contributed by atoms with Crippen LogP contribution in [0, 0.1) is 13.8 Å². The molecule has 1 unspecified atom stereocenters. The van der Waals surface area contributed by atoms with Gasteiger partial charge in [-0.1, -0.05) is 18.2 Å². The minimum Gasteiger partial charge on any atom is -0.436 e. The maximum atomic E-state index is 13.0. The van der Waals surface area contributed by atoms with Gasteiger partial charge >= 0.3 is 0 Å². The van der Waals surface area contributed by atoms with Gasteiger partial charge in [0.2, 0.25) is 5.76 Å². The Morgan fingerprint density at radius 1 is 1.33 bits per heavy atom. The zero-order valence-corrected chi connectivity index (χ0v) is 18.2. The molecule has 2 aromatic heterocycles. The van der Waals surface area contributed by atoms with Crippen LogP contribution in [0.1, 0.15) is 49.7 Å². The number of fused-ring (bicyclic) bond motifs is 1. The molecule has 7 nitrogen and oxygen atoms in total. The molecule has 1 atom stereocenters. The monoisotopic (exact) mass is 427 g/mol. The SMILES string of the molecule is COCCNC(=O)c1sc2ccccc2c1C1CCN(C(=O)c2oc(C)nc2C)C1. The highest BCUT2D eigenvalue weighted by atomic mass is 32.1. The summed E-state index contributed by atoms with van der Waals surface area (Å²) in [5, 5.41) is 4.03. The fraction of sp³-hybridized carbons (Fsp3) is 0.409. The molecule has 0 radical (unpaired) electrons. The summed E-state index contributed by atoms with van der Waals surface area (Å²) in [6.45, 7) is 5.62. The van der Waals surface area contributed by atoms with Gasteiger partial charge in [-0.3, -0.25) is 9.59 Å². The van der Waals surface area contributed by atoms with Gasteiger partial charge in [0.15, 0.2) is 5.89 Å². The molecule has 0 spiro atoms. The molecule has 3 aromatic rings. The summed E-state index contributed by atoms with van der Waals surface area (Å²) < 4.78 is 11.6. The minimum absolute atomic E-state index is 0.0882. The Morgan fingerprint density at radius 2 is 2.13 bits per heavy atom. The second kappa shape index (κ2) is 8.57. The highest BCUT2D eigenvalue weighted by Gasteiger charge is 2.34. The van der Waals surface area contributed by atoms with Gasteiger partial charge in [-0.05, 0) is 30.4 Å². The Balaban J connectivity index is 1.61. The smallest absolute Gasteiger partial charge is 0.291 e. The fourth-order valence-electron chi connectivity index (χ4n) is 4.04. The molecule has 2 amide bonds. The van der Waals surface area contributed by atoms with Gasteiger partial charge in [0, 0.05) is 44.3 Å². The molecule has 8 heteroatoms. The number of hydrogen-bond donors (Lipinski definition) is 1. The zero-order valence-electron chi connectivity index (χ0n) is 17.4. The van der Waals surface area contributed by atoms with Crippen LogP contribution in [0.15, 0.2) is 28.7 Å². The largest absolute Gasteiger partial charge is 0.436 e. The normalized spacial score (nSPS) is 16.4. The molecule has 0 bridgehead atoms. The molecule has 1 fully saturated rings. The van der Waals surface area contributed by atoms with Gasteiger partial charge in [0.25, 0.3) is 11.8 Å². The van der Waals surface area contributed by atoms with Crippen LogP contribution in [0.5, 0.6) is 0 Å². The molecule has 1 aromatic carbocycles. The lowest BCUT2D eigenvalue weighted by Crippen LogP contribution is -2.29. The first-order valence-electron chi connectivity index (χ1n) is 10.0. The van der Waals surface area contributed by atoms with E-state index in [1.165, 1.54) is 11.3 Å². The number of hydrogen-bond acceptors (Lipinski definition) is 6. The molecule has 1 aliphatic rings. The van der Waals surface area contributed by atoms with Crippen molar-refractivity contribution < 1.29 is 18.7 Å². The van der Waals surface area contributed by atoms with Crippen molar-refractivity contribution in [3.05, 3.63) is 52.1 Å². The van der Waals surface area contributed by atoms with Crippen molar-refractivity contribution in [3.63, 3.8) is 0 Å². The lowest BCUT2D eigenvalue weighted by Gasteiger charge is -2.16. The van der Waals surface area contributed by atoms with Crippen LogP contribution in [-0.2, 0) is 4.74 Å². The van der Waals surface area contributed by atoms with E-state index < -0.39 is 0 Å². The predicted molar refractivity (Wildman–Crippen MR) is 115 cm³/mol. The fourth-order valence-corrected chi connectivity index (χ4v) is 5.25. The van der Waals surface area contributed by atoms with Crippen molar-refractivity contribution in [2.75, 3.05) is 33.4 Å². The van der Waals surface area contributed by atoms with Crippen LogP contribution >= 0.6 is 11.3 Å². The van der Waals surface area contributed by atoms with Gasteiger partial charge < -0.3 is 19.4 Å². The van der Waals surface area contributed by atoms with E-state index in [4.69, 9.17) is 9.15 Å². The van der Waals surface area contributed by atoms with E-state index in [0.29, 0.717) is 43.6 Å². The third-order valence-electron chi connectivity index (χ3n) is 5.41. The summed E-state index contributed by atoms with van der Waals surface area (Å²) in [7, 11) is 1.61. The third kappa shape index (κ3) is 3.85. The molecule has 3 heterocycles. The molecule has 1 saturated heterocycles. The van der Waals surface area contributed by atoms with Crippen molar-refractivity contribution in [2.45, 2.75) is 26.2 Å². The Kier molecular flexibility index (Phi) is 5.87. The number of likely N-dealkylation sites (tertiary alicyclic amines) is 1. The first-order valence-corrected chi connectivity index (χ1v) is 10.8. The molecule has 0 aliphatic carbocycles. The van der Waals surface area contributed by atoms with Crippen molar-refractivity contribution in [1.29, 1.82) is 0 Å². The quantitative estimate of drug-likeness (QED) is 0.609. The van der Waals surface area contributed by atoms with Crippen molar-refractivity contribution in [2.24, 2.45) is 0 Å². The standard InChI is InChI=1S/C22H25N3O4S/c1-13-19(29-14(2)24-13)22(27)25-10-8-15(12-25)18-16-6-4-5-7-17(16)30-20(18)21(26)23-9-11-28-3/h4-7,15H,8-12H2,1-3H3,(H,23,26). The van der Waals surface area contributed by atoms with E-state index in [9.17, 15) is 9.59 Å². The molecular weight excluding hydrogens is 402 g/mol. The van der Waals surface area contributed by atoms with E-state index in [1.54, 1.807) is 25.9 Å². The Hall–Kier alpha value is -2.71. The number of aromatic nitrogens is 1. The van der Waals surface area contributed by atoms with Crippen molar-refractivity contribution in [3.8, 4) is 0 Å². The van der Waals surface area contributed by atoms with Gasteiger partial charge in [-0.2, -0.15) is 0 Å². The number of amides is 2. The number of thiophene rings is 1. The molecule has 30 heavy (non-hydrogen) atoms. The summed E-state index contributed by atoms with van der Waals surface area (Å²) in [5.41, 5.74) is 1.64. The first kappa shape index (κ1) is 20.6.